The average molecular weight is 474 g/mol. The molecule has 2 aromatic heterocycles. The molecule has 2 aromatic carbocycles. The first kappa shape index (κ1) is 23.1. The first-order chi connectivity index (χ1) is 16.4. The summed E-state index contributed by atoms with van der Waals surface area (Å²) in [5, 5.41) is 10.5. The zero-order valence-corrected chi connectivity index (χ0v) is 19.8. The topological polar surface area (TPSA) is 116 Å². The van der Waals surface area contributed by atoms with E-state index in [1.165, 1.54) is 6.33 Å². The van der Waals surface area contributed by atoms with E-state index in [1.807, 2.05) is 30.5 Å². The number of rotatable bonds is 7. The second-order valence-corrected chi connectivity index (χ2v) is 8.53. The number of aromatic nitrogens is 3. The molecule has 0 aliphatic carbocycles. The molecule has 0 aliphatic heterocycles. The molecule has 0 aliphatic rings. The number of ether oxygens (including phenoxy) is 1. The summed E-state index contributed by atoms with van der Waals surface area (Å²) >= 11 is 0.858. The van der Waals surface area contributed by atoms with Crippen molar-refractivity contribution in [3.63, 3.8) is 0 Å². The van der Waals surface area contributed by atoms with Crippen LogP contribution in [0.2, 0.25) is 0 Å². The molecule has 2 heterocycles. The van der Waals surface area contributed by atoms with E-state index in [0.717, 1.165) is 34.2 Å². The van der Waals surface area contributed by atoms with Crippen LogP contribution in [0.15, 0.2) is 59.9 Å². The molecule has 0 atom stereocenters. The van der Waals surface area contributed by atoms with Crippen molar-refractivity contribution in [1.82, 2.24) is 14.5 Å². The Morgan fingerprint density at radius 2 is 1.97 bits per heavy atom. The normalized spacial score (nSPS) is 10.9. The Balaban J connectivity index is 1.63. The highest BCUT2D eigenvalue weighted by Crippen LogP contribution is 2.37. The van der Waals surface area contributed by atoms with E-state index in [9.17, 15) is 10.1 Å². The second kappa shape index (κ2) is 9.85. The molecule has 0 amide bonds. The Labute approximate surface area is 201 Å². The van der Waals surface area contributed by atoms with Crippen LogP contribution in [0.1, 0.15) is 38.8 Å². The number of nitrogens with two attached hydrogens (primary N) is 1. The van der Waals surface area contributed by atoms with E-state index >= 15 is 0 Å². The van der Waals surface area contributed by atoms with E-state index in [4.69, 9.17) is 14.7 Å². The SMILES string of the molecule is CCC(=O)OSc1cccc(Oc2ccc(-c3cn(C(C)C)c4ncnc(N)c34)cc2)c1C#N. The zero-order valence-electron chi connectivity index (χ0n) is 19.0. The van der Waals surface area contributed by atoms with Crippen molar-refractivity contribution in [1.29, 1.82) is 5.26 Å². The van der Waals surface area contributed by atoms with Crippen molar-refractivity contribution in [2.75, 3.05) is 5.73 Å². The van der Waals surface area contributed by atoms with E-state index in [0.29, 0.717) is 27.8 Å². The number of nitrogens with zero attached hydrogens (tertiary/aromatic N) is 4. The molecule has 0 saturated carbocycles. The number of hydrogen-bond acceptors (Lipinski definition) is 8. The van der Waals surface area contributed by atoms with Crippen LogP contribution < -0.4 is 10.5 Å². The monoisotopic (exact) mass is 473 g/mol. The van der Waals surface area contributed by atoms with Gasteiger partial charge in [-0.25, -0.2) is 9.97 Å². The molecule has 0 spiro atoms. The lowest BCUT2D eigenvalue weighted by Gasteiger charge is -2.11. The smallest absolute Gasteiger partial charge is 0.317 e. The third-order valence-corrected chi connectivity index (χ3v) is 5.99. The molecule has 9 heteroatoms. The van der Waals surface area contributed by atoms with Crippen molar-refractivity contribution < 1.29 is 13.7 Å². The van der Waals surface area contributed by atoms with Crippen LogP contribution in [-0.4, -0.2) is 20.5 Å². The molecule has 0 radical (unpaired) electrons. The van der Waals surface area contributed by atoms with Crippen LogP contribution in [0.4, 0.5) is 5.82 Å². The summed E-state index contributed by atoms with van der Waals surface area (Å²) in [7, 11) is 0. The predicted octanol–water partition coefficient (Wildman–Crippen LogP) is 5.89. The molecule has 0 bridgehead atoms. The number of carbonyl (C=O) groups excluding carboxylic acids is 1. The van der Waals surface area contributed by atoms with Gasteiger partial charge in [0.25, 0.3) is 0 Å². The number of hydrogen-bond donors (Lipinski definition) is 1. The molecule has 2 N–H and O–H groups in total. The zero-order chi connectivity index (χ0) is 24.2. The first-order valence-electron chi connectivity index (χ1n) is 10.7. The quantitative estimate of drug-likeness (QED) is 0.331. The van der Waals surface area contributed by atoms with Crippen LogP contribution in [0.25, 0.3) is 22.2 Å². The average Bonchev–Trinajstić information content (AvgIpc) is 3.24. The van der Waals surface area contributed by atoms with Gasteiger partial charge in [-0.05, 0) is 43.7 Å². The number of fused-ring (bicyclic) bond motifs is 1. The summed E-state index contributed by atoms with van der Waals surface area (Å²) in [6, 6.07) is 15.0. The van der Waals surface area contributed by atoms with Gasteiger partial charge in [0.2, 0.25) is 0 Å². The fourth-order valence-corrected chi connectivity index (χ4v) is 4.14. The Morgan fingerprint density at radius 3 is 2.65 bits per heavy atom. The van der Waals surface area contributed by atoms with E-state index in [2.05, 4.69) is 34.5 Å². The molecular weight excluding hydrogens is 450 g/mol. The molecule has 0 saturated heterocycles. The highest BCUT2D eigenvalue weighted by molar-refractivity contribution is 7.95. The van der Waals surface area contributed by atoms with E-state index in [-0.39, 0.29) is 18.4 Å². The molecule has 34 heavy (non-hydrogen) atoms. The van der Waals surface area contributed by atoms with Crippen LogP contribution in [-0.2, 0) is 8.98 Å². The number of anilines is 1. The van der Waals surface area contributed by atoms with E-state index < -0.39 is 0 Å². The van der Waals surface area contributed by atoms with E-state index in [1.54, 1.807) is 25.1 Å². The van der Waals surface area contributed by atoms with Gasteiger partial charge < -0.3 is 19.2 Å². The lowest BCUT2D eigenvalue weighted by Crippen LogP contribution is -2.00. The van der Waals surface area contributed by atoms with Gasteiger partial charge >= 0.3 is 5.97 Å². The summed E-state index contributed by atoms with van der Waals surface area (Å²) in [4.78, 5) is 20.6. The Bertz CT molecular complexity index is 1390. The lowest BCUT2D eigenvalue weighted by molar-refractivity contribution is -0.132. The summed E-state index contributed by atoms with van der Waals surface area (Å²) in [5.74, 6) is 1.00. The van der Waals surface area contributed by atoms with Gasteiger partial charge in [0, 0.05) is 24.2 Å². The van der Waals surface area contributed by atoms with Gasteiger partial charge in [-0.3, -0.25) is 4.79 Å². The van der Waals surface area contributed by atoms with Crippen LogP contribution in [0.3, 0.4) is 0 Å². The number of benzene rings is 2. The maximum Gasteiger partial charge on any atom is 0.317 e. The Kier molecular flexibility index (Phi) is 6.70. The minimum atomic E-state index is -0.360. The molecule has 4 aromatic rings. The molecule has 4 rings (SSSR count). The maximum atomic E-state index is 11.5. The standard InChI is InChI=1S/C25H23N5O3S/c1-4-22(31)33-34-21-7-5-6-20(18(21)12-26)32-17-10-8-16(9-11-17)19-13-30(15(2)3)25-23(19)24(27)28-14-29-25/h5-11,13-15H,4H2,1-3H3,(H2,27,28,29). The summed E-state index contributed by atoms with van der Waals surface area (Å²) < 4.78 is 13.2. The van der Waals surface area contributed by atoms with Gasteiger partial charge in [-0.15, -0.1) is 0 Å². The van der Waals surface area contributed by atoms with Gasteiger partial charge in [-0.2, -0.15) is 5.26 Å². The van der Waals surface area contributed by atoms with Crippen molar-refractivity contribution in [2.45, 2.75) is 38.1 Å². The van der Waals surface area contributed by atoms with Crippen LogP contribution >= 0.6 is 12.0 Å². The van der Waals surface area contributed by atoms with Crippen LogP contribution in [0.5, 0.6) is 11.5 Å². The third-order valence-electron chi connectivity index (χ3n) is 5.20. The summed E-state index contributed by atoms with van der Waals surface area (Å²) in [6.45, 7) is 5.88. The third kappa shape index (κ3) is 4.54. The summed E-state index contributed by atoms with van der Waals surface area (Å²) in [6.07, 6.45) is 3.76. The first-order valence-corrected chi connectivity index (χ1v) is 11.5. The highest BCUT2D eigenvalue weighted by Gasteiger charge is 2.17. The molecule has 0 fully saturated rings. The number of nitrogen functional groups attached to an aromatic ring is 1. The van der Waals surface area contributed by atoms with Crippen molar-refractivity contribution in [3.8, 4) is 28.7 Å². The molecule has 0 unspecified atom stereocenters. The summed E-state index contributed by atoms with van der Waals surface area (Å²) in [5.41, 5.74) is 9.14. The van der Waals surface area contributed by atoms with Crippen molar-refractivity contribution in [2.24, 2.45) is 0 Å². The van der Waals surface area contributed by atoms with Gasteiger partial charge in [0.1, 0.15) is 40.9 Å². The molecule has 172 valence electrons. The minimum Gasteiger partial charge on any atom is -0.456 e. The second-order valence-electron chi connectivity index (χ2n) is 7.76. The highest BCUT2D eigenvalue weighted by atomic mass is 32.2. The van der Waals surface area contributed by atoms with Gasteiger partial charge in [0.15, 0.2) is 0 Å². The molecular formula is C25H23N5O3S. The molecule has 8 nitrogen and oxygen atoms in total. The number of nitriles is 1. The lowest BCUT2D eigenvalue weighted by atomic mass is 10.1. The minimum absolute atomic E-state index is 0.208. The van der Waals surface area contributed by atoms with Crippen molar-refractivity contribution in [3.05, 3.63) is 60.6 Å². The van der Waals surface area contributed by atoms with Gasteiger partial charge in [-0.1, -0.05) is 25.1 Å². The predicted molar refractivity (Wildman–Crippen MR) is 131 cm³/mol. The fourth-order valence-electron chi connectivity index (χ4n) is 3.48. The largest absolute Gasteiger partial charge is 0.456 e. The Hall–Kier alpha value is -4.03. The number of carbonyl (C=O) groups is 1. The van der Waals surface area contributed by atoms with Crippen molar-refractivity contribution >= 4 is 34.9 Å². The van der Waals surface area contributed by atoms with Gasteiger partial charge in [0.05, 0.1) is 22.3 Å². The Morgan fingerprint density at radius 1 is 1.21 bits per heavy atom. The van der Waals surface area contributed by atoms with Crippen LogP contribution in [0, 0.1) is 11.3 Å². The fraction of sp³-hybridized carbons (Fsp3) is 0.200. The maximum absolute atomic E-state index is 11.5.